The molecule has 2 aliphatic carbocycles. The maximum absolute atomic E-state index is 12.9. The summed E-state index contributed by atoms with van der Waals surface area (Å²) in [4.78, 5) is 43.4. The average Bonchev–Trinajstić information content (AvgIpc) is 3.10. The number of allylic oxidation sites excluding steroid dienone is 1. The van der Waals surface area contributed by atoms with Crippen LogP contribution in [0.15, 0.2) is 22.8 Å². The Kier molecular flexibility index (Phi) is 6.08. The highest BCUT2D eigenvalue weighted by Crippen LogP contribution is 2.33. The van der Waals surface area contributed by atoms with Crippen LogP contribution in [0.4, 0.5) is 4.79 Å². The number of amides is 3. The topological polar surface area (TPSA) is 93.1 Å². The zero-order chi connectivity index (χ0) is 20.2. The van der Waals surface area contributed by atoms with E-state index < -0.39 is 11.9 Å². The molecule has 0 unspecified atom stereocenters. The number of rotatable bonds is 5. The third-order valence-electron chi connectivity index (χ3n) is 5.63. The summed E-state index contributed by atoms with van der Waals surface area (Å²) >= 11 is 1.58. The van der Waals surface area contributed by atoms with Gasteiger partial charge >= 0.3 is 6.03 Å². The molecule has 7 nitrogen and oxygen atoms in total. The lowest BCUT2D eigenvalue weighted by atomic mass is 9.97. The number of fused-ring (bicyclic) bond motifs is 3. The van der Waals surface area contributed by atoms with Gasteiger partial charge < -0.3 is 5.32 Å². The fraction of sp³-hybridized carbons (Fsp3) is 0.524. The van der Waals surface area contributed by atoms with Gasteiger partial charge in [-0.05, 0) is 63.4 Å². The third-order valence-corrected chi connectivity index (χ3v) is 6.83. The Morgan fingerprint density at radius 3 is 2.79 bits per heavy atom. The molecule has 0 atom stereocenters. The van der Waals surface area contributed by atoms with Crippen LogP contribution in [0.3, 0.4) is 0 Å². The van der Waals surface area contributed by atoms with E-state index in [0.29, 0.717) is 11.9 Å². The van der Waals surface area contributed by atoms with Crippen LogP contribution in [0.25, 0.3) is 10.2 Å². The Morgan fingerprint density at radius 2 is 1.97 bits per heavy atom. The standard InChI is InChI=1S/C21H26N4O3S/c26-17(24-21(28)22-11-10-14-6-2-1-3-7-14)12-25-13-23-19-18(20(25)27)15-8-4-5-9-16(15)29-19/h6,13H,1-5,7-12H2,(H2,22,24,26,28). The van der Waals surface area contributed by atoms with Crippen LogP contribution in [-0.2, 0) is 24.2 Å². The second-order valence-corrected chi connectivity index (χ2v) is 8.81. The molecule has 4 rings (SSSR count). The molecular formula is C21H26N4O3S. The van der Waals surface area contributed by atoms with Crippen molar-refractivity contribution in [1.29, 1.82) is 0 Å². The molecule has 0 fully saturated rings. The molecule has 0 saturated heterocycles. The lowest BCUT2D eigenvalue weighted by Crippen LogP contribution is -2.42. The highest BCUT2D eigenvalue weighted by Gasteiger charge is 2.20. The summed E-state index contributed by atoms with van der Waals surface area (Å²) in [5, 5.41) is 5.66. The summed E-state index contributed by atoms with van der Waals surface area (Å²) in [6.07, 6.45) is 13.2. The van der Waals surface area contributed by atoms with Crippen molar-refractivity contribution in [3.63, 3.8) is 0 Å². The Labute approximate surface area is 173 Å². The first-order chi connectivity index (χ1) is 14.1. The summed E-state index contributed by atoms with van der Waals surface area (Å²) < 4.78 is 1.29. The number of carbonyl (C=O) groups excluding carboxylic acids is 2. The van der Waals surface area contributed by atoms with Crippen molar-refractivity contribution in [2.45, 2.75) is 64.3 Å². The van der Waals surface area contributed by atoms with E-state index in [-0.39, 0.29) is 12.1 Å². The van der Waals surface area contributed by atoms with Crippen molar-refractivity contribution in [2.24, 2.45) is 0 Å². The zero-order valence-electron chi connectivity index (χ0n) is 16.5. The summed E-state index contributed by atoms with van der Waals surface area (Å²) in [5.74, 6) is -0.522. The number of thiophene rings is 1. The average molecular weight is 415 g/mol. The van der Waals surface area contributed by atoms with Gasteiger partial charge in [0.15, 0.2) is 0 Å². The van der Waals surface area contributed by atoms with E-state index in [9.17, 15) is 14.4 Å². The largest absolute Gasteiger partial charge is 0.337 e. The minimum absolute atomic E-state index is 0.200. The Bertz CT molecular complexity index is 1020. The maximum atomic E-state index is 12.9. The normalized spacial score (nSPS) is 16.2. The summed E-state index contributed by atoms with van der Waals surface area (Å²) in [6, 6.07) is -0.526. The Morgan fingerprint density at radius 1 is 1.14 bits per heavy atom. The number of urea groups is 1. The van der Waals surface area contributed by atoms with E-state index in [1.54, 1.807) is 11.3 Å². The van der Waals surface area contributed by atoms with E-state index >= 15 is 0 Å². The summed E-state index contributed by atoms with van der Waals surface area (Å²) in [5.41, 5.74) is 2.26. The minimum atomic E-state index is -0.526. The number of aromatic nitrogens is 2. The van der Waals surface area contributed by atoms with E-state index in [1.807, 2.05) is 0 Å². The van der Waals surface area contributed by atoms with E-state index in [0.717, 1.165) is 55.3 Å². The molecule has 0 bridgehead atoms. The third kappa shape index (κ3) is 4.58. The van der Waals surface area contributed by atoms with Crippen LogP contribution in [-0.4, -0.2) is 28.0 Å². The molecule has 2 N–H and O–H groups in total. The van der Waals surface area contributed by atoms with Crippen molar-refractivity contribution in [2.75, 3.05) is 6.54 Å². The van der Waals surface area contributed by atoms with Crippen molar-refractivity contribution in [3.05, 3.63) is 38.8 Å². The molecule has 3 amide bonds. The van der Waals surface area contributed by atoms with E-state index in [4.69, 9.17) is 0 Å². The predicted molar refractivity (Wildman–Crippen MR) is 113 cm³/mol. The van der Waals surface area contributed by atoms with Gasteiger partial charge in [0.1, 0.15) is 11.4 Å². The molecule has 8 heteroatoms. The first-order valence-corrected chi connectivity index (χ1v) is 11.2. The van der Waals surface area contributed by atoms with Crippen LogP contribution >= 0.6 is 11.3 Å². The lowest BCUT2D eigenvalue weighted by Gasteiger charge is -2.13. The first kappa shape index (κ1) is 19.8. The SMILES string of the molecule is O=C(Cn1cnc2sc3c(c2c1=O)CCCC3)NC(=O)NCCC1=CCCCC1. The van der Waals surface area contributed by atoms with Gasteiger partial charge in [-0.15, -0.1) is 11.3 Å². The van der Waals surface area contributed by atoms with Crippen molar-refractivity contribution in [1.82, 2.24) is 20.2 Å². The summed E-state index contributed by atoms with van der Waals surface area (Å²) in [6.45, 7) is 0.282. The van der Waals surface area contributed by atoms with Crippen molar-refractivity contribution >= 4 is 33.5 Å². The fourth-order valence-electron chi connectivity index (χ4n) is 4.13. The van der Waals surface area contributed by atoms with Crippen molar-refractivity contribution in [3.8, 4) is 0 Å². The Balaban J connectivity index is 1.35. The first-order valence-electron chi connectivity index (χ1n) is 10.4. The number of aryl methyl sites for hydroxylation is 2. The molecule has 0 aromatic carbocycles. The second kappa shape index (κ2) is 8.90. The van der Waals surface area contributed by atoms with Crippen LogP contribution < -0.4 is 16.2 Å². The Hall–Kier alpha value is -2.48. The molecule has 2 aromatic rings. The molecule has 2 heterocycles. The van der Waals surface area contributed by atoms with E-state index in [2.05, 4.69) is 21.7 Å². The molecule has 0 aliphatic heterocycles. The molecule has 0 spiro atoms. The predicted octanol–water partition coefficient (Wildman–Crippen LogP) is 3.05. The van der Waals surface area contributed by atoms with Crippen LogP contribution in [0.2, 0.25) is 0 Å². The van der Waals surface area contributed by atoms with Gasteiger partial charge in [0, 0.05) is 11.4 Å². The fourth-order valence-corrected chi connectivity index (χ4v) is 5.35. The van der Waals surface area contributed by atoms with Crippen LogP contribution in [0.5, 0.6) is 0 Å². The maximum Gasteiger partial charge on any atom is 0.321 e. The number of nitrogens with one attached hydrogen (secondary N) is 2. The number of carbonyl (C=O) groups is 2. The molecule has 0 saturated carbocycles. The quantitative estimate of drug-likeness (QED) is 0.736. The van der Waals surface area contributed by atoms with Crippen molar-refractivity contribution < 1.29 is 9.59 Å². The monoisotopic (exact) mass is 414 g/mol. The smallest absolute Gasteiger partial charge is 0.321 e. The number of imide groups is 1. The van der Waals surface area contributed by atoms with Crippen LogP contribution in [0.1, 0.15) is 55.4 Å². The van der Waals surface area contributed by atoms with Crippen LogP contribution in [0, 0.1) is 0 Å². The van der Waals surface area contributed by atoms with Gasteiger partial charge in [-0.2, -0.15) is 0 Å². The minimum Gasteiger partial charge on any atom is -0.337 e. The molecule has 2 aliphatic rings. The lowest BCUT2D eigenvalue weighted by molar-refractivity contribution is -0.120. The highest BCUT2D eigenvalue weighted by atomic mass is 32.1. The number of nitrogens with zero attached hydrogens (tertiary/aromatic N) is 2. The van der Waals surface area contributed by atoms with Gasteiger partial charge in [0.05, 0.1) is 11.7 Å². The molecule has 29 heavy (non-hydrogen) atoms. The second-order valence-electron chi connectivity index (χ2n) is 7.73. The molecular weight excluding hydrogens is 388 g/mol. The molecule has 0 radical (unpaired) electrons. The number of hydrogen-bond donors (Lipinski definition) is 2. The van der Waals surface area contributed by atoms with Gasteiger partial charge in [-0.3, -0.25) is 19.5 Å². The summed E-state index contributed by atoms with van der Waals surface area (Å²) in [7, 11) is 0. The molecule has 154 valence electrons. The van der Waals surface area contributed by atoms with Gasteiger partial charge in [-0.25, -0.2) is 9.78 Å². The van der Waals surface area contributed by atoms with Gasteiger partial charge in [0.25, 0.3) is 5.56 Å². The molecule has 2 aromatic heterocycles. The van der Waals surface area contributed by atoms with Gasteiger partial charge in [-0.1, -0.05) is 11.6 Å². The zero-order valence-corrected chi connectivity index (χ0v) is 17.3. The van der Waals surface area contributed by atoms with E-state index in [1.165, 1.54) is 34.2 Å². The highest BCUT2D eigenvalue weighted by molar-refractivity contribution is 7.18. The number of hydrogen-bond acceptors (Lipinski definition) is 5. The van der Waals surface area contributed by atoms with Gasteiger partial charge in [0.2, 0.25) is 5.91 Å².